The number of hydrogen-bond acceptors (Lipinski definition) is 5. The van der Waals surface area contributed by atoms with Gasteiger partial charge in [0.1, 0.15) is 10.5 Å². The van der Waals surface area contributed by atoms with Gasteiger partial charge in [0.25, 0.3) is 0 Å². The number of aliphatic carboxylic acids is 1. The Morgan fingerprint density at radius 1 is 1.27 bits per heavy atom. The highest BCUT2D eigenvalue weighted by Gasteiger charge is 2.28. The largest absolute Gasteiger partial charge is 0.480 e. The Morgan fingerprint density at radius 3 is 2.33 bits per heavy atom. The molecule has 0 aliphatic carbocycles. The highest BCUT2D eigenvalue weighted by atomic mass is 32.1. The minimum Gasteiger partial charge on any atom is -0.480 e. The lowest BCUT2D eigenvalue weighted by molar-refractivity contribution is -0.146. The molecular formula is C9H16O4S2. The molecule has 15 heavy (non-hydrogen) atoms. The van der Waals surface area contributed by atoms with Gasteiger partial charge < -0.3 is 9.84 Å². The molecule has 0 fully saturated rings. The molecule has 2 atom stereocenters. The molecule has 0 spiro atoms. The molecule has 0 amide bonds. The van der Waals surface area contributed by atoms with Gasteiger partial charge in [-0.25, -0.2) is 0 Å². The second kappa shape index (κ2) is 7.87. The quantitative estimate of drug-likeness (QED) is 0.364. The van der Waals surface area contributed by atoms with Gasteiger partial charge in [0.15, 0.2) is 0 Å². The number of ether oxygens (including phenoxy) is 1. The summed E-state index contributed by atoms with van der Waals surface area (Å²) >= 11 is 7.60. The van der Waals surface area contributed by atoms with Crippen LogP contribution < -0.4 is 0 Å². The number of thiol groups is 2. The first-order valence-corrected chi connectivity index (χ1v) is 5.79. The van der Waals surface area contributed by atoms with Crippen LogP contribution in [-0.4, -0.2) is 34.2 Å². The molecule has 0 aromatic rings. The smallest absolute Gasteiger partial charge is 0.320 e. The molecule has 88 valence electrons. The van der Waals surface area contributed by atoms with E-state index in [1.807, 2.05) is 6.92 Å². The van der Waals surface area contributed by atoms with Gasteiger partial charge in [-0.1, -0.05) is 19.8 Å². The Kier molecular flexibility index (Phi) is 7.68. The molecule has 0 saturated carbocycles. The fraction of sp³-hybridized carbons (Fsp3) is 0.778. The monoisotopic (exact) mass is 252 g/mol. The predicted molar refractivity (Wildman–Crippen MR) is 63.7 cm³/mol. The molecule has 0 bridgehead atoms. The third-order valence-electron chi connectivity index (χ3n) is 1.79. The van der Waals surface area contributed by atoms with Crippen molar-refractivity contribution >= 4 is 37.2 Å². The SMILES string of the molecule is CCCCCOC(=O)[C@@H](S)[C@H](S)C(=O)O. The molecule has 0 aliphatic heterocycles. The van der Waals surface area contributed by atoms with Gasteiger partial charge in [-0.05, 0) is 6.42 Å². The van der Waals surface area contributed by atoms with Crippen LogP contribution in [0.25, 0.3) is 0 Å². The number of carboxylic acids is 1. The molecule has 1 N–H and O–H groups in total. The zero-order valence-corrected chi connectivity index (χ0v) is 10.3. The molecule has 0 aliphatic rings. The third-order valence-corrected chi connectivity index (χ3v) is 3.05. The topological polar surface area (TPSA) is 63.6 Å². The highest BCUT2D eigenvalue weighted by Crippen LogP contribution is 2.11. The Morgan fingerprint density at radius 2 is 1.87 bits per heavy atom. The number of rotatable bonds is 7. The predicted octanol–water partition coefficient (Wildman–Crippen LogP) is 1.40. The first-order chi connectivity index (χ1) is 7.00. The molecule has 0 heterocycles. The summed E-state index contributed by atoms with van der Waals surface area (Å²) < 4.78 is 4.85. The zero-order valence-electron chi connectivity index (χ0n) is 8.55. The van der Waals surface area contributed by atoms with Crippen molar-refractivity contribution in [1.29, 1.82) is 0 Å². The van der Waals surface area contributed by atoms with Crippen LogP contribution >= 0.6 is 25.3 Å². The maximum Gasteiger partial charge on any atom is 0.320 e. The molecule has 6 heteroatoms. The highest BCUT2D eigenvalue weighted by molar-refractivity contribution is 7.86. The van der Waals surface area contributed by atoms with E-state index >= 15 is 0 Å². The van der Waals surface area contributed by atoms with Gasteiger partial charge in [-0.15, -0.1) is 0 Å². The maximum atomic E-state index is 11.2. The fourth-order valence-electron chi connectivity index (χ4n) is 0.874. The summed E-state index contributed by atoms with van der Waals surface area (Å²) in [6, 6.07) is 0. The Labute approximate surface area is 100 Å². The summed E-state index contributed by atoms with van der Waals surface area (Å²) in [6.07, 6.45) is 2.80. The van der Waals surface area contributed by atoms with Crippen LogP contribution in [0, 0.1) is 0 Å². The molecule has 0 aromatic carbocycles. The number of hydrogen-bond donors (Lipinski definition) is 3. The van der Waals surface area contributed by atoms with E-state index in [0.29, 0.717) is 6.61 Å². The lowest BCUT2D eigenvalue weighted by atomic mass is 10.2. The van der Waals surface area contributed by atoms with Gasteiger partial charge in [0.2, 0.25) is 0 Å². The molecule has 0 radical (unpaired) electrons. The summed E-state index contributed by atoms with van der Waals surface area (Å²) in [5.41, 5.74) is 0. The van der Waals surface area contributed by atoms with Crippen LogP contribution in [0.3, 0.4) is 0 Å². The first kappa shape index (κ1) is 14.6. The van der Waals surface area contributed by atoms with Crippen LogP contribution in [0.2, 0.25) is 0 Å². The number of carbonyl (C=O) groups is 2. The average Bonchev–Trinajstić information content (AvgIpc) is 2.21. The standard InChI is InChI=1S/C9H16O4S2/c1-2-3-4-5-13-9(12)7(15)6(14)8(10)11/h6-7,14-15H,2-5H2,1H3,(H,10,11)/t6-,7-/m0/s1. The molecule has 0 rings (SSSR count). The van der Waals surface area contributed by atoms with Crippen molar-refractivity contribution < 1.29 is 19.4 Å². The average molecular weight is 252 g/mol. The van der Waals surface area contributed by atoms with E-state index in [1.54, 1.807) is 0 Å². The second-order valence-electron chi connectivity index (χ2n) is 3.10. The third kappa shape index (κ3) is 5.94. The van der Waals surface area contributed by atoms with Crippen molar-refractivity contribution in [3.05, 3.63) is 0 Å². The van der Waals surface area contributed by atoms with Crippen LogP contribution in [0.1, 0.15) is 26.2 Å². The normalized spacial score (nSPS) is 14.3. The van der Waals surface area contributed by atoms with Crippen molar-refractivity contribution in [3.63, 3.8) is 0 Å². The first-order valence-electron chi connectivity index (χ1n) is 4.76. The van der Waals surface area contributed by atoms with Gasteiger partial charge in [-0.3, -0.25) is 9.59 Å². The summed E-state index contributed by atoms with van der Waals surface area (Å²) in [7, 11) is 0. The summed E-state index contributed by atoms with van der Waals surface area (Å²) in [6.45, 7) is 2.35. The molecule has 0 aromatic heterocycles. The Balaban J connectivity index is 3.84. The van der Waals surface area contributed by atoms with E-state index in [-0.39, 0.29) is 0 Å². The van der Waals surface area contributed by atoms with Crippen LogP contribution in [0.4, 0.5) is 0 Å². The minimum atomic E-state index is -1.18. The van der Waals surface area contributed by atoms with E-state index in [2.05, 4.69) is 25.3 Å². The number of unbranched alkanes of at least 4 members (excludes halogenated alkanes) is 2. The van der Waals surface area contributed by atoms with E-state index in [1.165, 1.54) is 0 Å². The molecule has 4 nitrogen and oxygen atoms in total. The number of carboxylic acid groups (broad SMARTS) is 1. The van der Waals surface area contributed by atoms with Crippen LogP contribution in [-0.2, 0) is 14.3 Å². The van der Waals surface area contributed by atoms with Crippen molar-refractivity contribution in [3.8, 4) is 0 Å². The minimum absolute atomic E-state index is 0.309. The fourth-order valence-corrected chi connectivity index (χ4v) is 1.20. The van der Waals surface area contributed by atoms with Gasteiger partial charge in [0.05, 0.1) is 6.61 Å². The summed E-state index contributed by atoms with van der Waals surface area (Å²) in [5.74, 6) is -1.80. The molecule has 0 unspecified atom stereocenters. The Bertz CT molecular complexity index is 220. The summed E-state index contributed by atoms with van der Waals surface area (Å²) in [5, 5.41) is 6.42. The van der Waals surface area contributed by atoms with Crippen molar-refractivity contribution in [2.45, 2.75) is 36.7 Å². The van der Waals surface area contributed by atoms with E-state index in [4.69, 9.17) is 9.84 Å². The Hall–Kier alpha value is -0.360. The zero-order chi connectivity index (χ0) is 11.8. The molecule has 0 saturated heterocycles. The second-order valence-corrected chi connectivity index (χ2v) is 4.22. The van der Waals surface area contributed by atoms with Crippen molar-refractivity contribution in [1.82, 2.24) is 0 Å². The maximum absolute atomic E-state index is 11.2. The van der Waals surface area contributed by atoms with E-state index in [0.717, 1.165) is 19.3 Å². The van der Waals surface area contributed by atoms with Gasteiger partial charge >= 0.3 is 11.9 Å². The van der Waals surface area contributed by atoms with Crippen molar-refractivity contribution in [2.24, 2.45) is 0 Å². The van der Waals surface area contributed by atoms with Crippen molar-refractivity contribution in [2.75, 3.05) is 6.61 Å². The number of esters is 1. The van der Waals surface area contributed by atoms with E-state index < -0.39 is 22.4 Å². The number of carbonyl (C=O) groups excluding carboxylic acids is 1. The summed E-state index contributed by atoms with van der Waals surface area (Å²) in [4.78, 5) is 21.7. The van der Waals surface area contributed by atoms with E-state index in [9.17, 15) is 9.59 Å². The molecular weight excluding hydrogens is 236 g/mol. The lowest BCUT2D eigenvalue weighted by Gasteiger charge is -2.13. The van der Waals surface area contributed by atoms with Gasteiger partial charge in [-0.2, -0.15) is 25.3 Å². The van der Waals surface area contributed by atoms with Gasteiger partial charge in [0, 0.05) is 0 Å². The lowest BCUT2D eigenvalue weighted by Crippen LogP contribution is -2.33. The van der Waals surface area contributed by atoms with Crippen LogP contribution in [0.15, 0.2) is 0 Å². The van der Waals surface area contributed by atoms with Crippen LogP contribution in [0.5, 0.6) is 0 Å².